The van der Waals surface area contributed by atoms with E-state index in [1.807, 2.05) is 0 Å². The van der Waals surface area contributed by atoms with Gasteiger partial charge in [0.15, 0.2) is 0 Å². The molecule has 2 aromatic rings. The van der Waals surface area contributed by atoms with Gasteiger partial charge in [-0.1, -0.05) is 12.1 Å². The van der Waals surface area contributed by atoms with Gasteiger partial charge in [-0.3, -0.25) is 4.68 Å². The molecule has 83 valence electrons. The topological polar surface area (TPSA) is 17.8 Å². The molecule has 5 heteroatoms. The molecule has 1 aromatic carbocycles. The summed E-state index contributed by atoms with van der Waals surface area (Å²) in [5.74, 6) is 0. The molecule has 0 atom stereocenters. The van der Waals surface area contributed by atoms with Crippen LogP contribution in [0.4, 0.5) is 13.2 Å². The number of halogens is 3. The molecule has 0 N–H and O–H groups in total. The minimum absolute atomic E-state index is 0.313. The first kappa shape index (κ1) is 10.7. The van der Waals surface area contributed by atoms with Crippen LogP contribution in [0.15, 0.2) is 36.5 Å². The number of nitrogens with zero attached hydrogens (tertiary/aromatic N) is 2. The van der Waals surface area contributed by atoms with Crippen molar-refractivity contribution in [1.29, 1.82) is 0 Å². The standard InChI is InChI=1S/C11H8F3N2/c12-11(13,14)10-4-1-3-9(7-10)8-16-6-2-5-15-16/h1-4,6-7H,8H2. The van der Waals surface area contributed by atoms with Crippen molar-refractivity contribution in [2.75, 3.05) is 0 Å². The van der Waals surface area contributed by atoms with E-state index in [-0.39, 0.29) is 0 Å². The number of aromatic nitrogens is 2. The first-order chi connectivity index (χ1) is 7.55. The van der Waals surface area contributed by atoms with Gasteiger partial charge in [0.2, 0.25) is 0 Å². The molecular formula is C11H8F3N2. The van der Waals surface area contributed by atoms with Gasteiger partial charge in [0.25, 0.3) is 0 Å². The lowest BCUT2D eigenvalue weighted by molar-refractivity contribution is -0.137. The van der Waals surface area contributed by atoms with Crippen LogP contribution in [-0.4, -0.2) is 9.78 Å². The summed E-state index contributed by atoms with van der Waals surface area (Å²) in [5, 5.41) is 3.81. The van der Waals surface area contributed by atoms with Crippen molar-refractivity contribution in [3.63, 3.8) is 0 Å². The van der Waals surface area contributed by atoms with E-state index in [4.69, 9.17) is 0 Å². The molecule has 2 rings (SSSR count). The molecule has 0 amide bonds. The zero-order chi connectivity index (χ0) is 11.6. The van der Waals surface area contributed by atoms with E-state index in [0.717, 1.165) is 12.1 Å². The van der Waals surface area contributed by atoms with E-state index in [2.05, 4.69) is 11.3 Å². The van der Waals surface area contributed by atoms with Crippen molar-refractivity contribution in [3.8, 4) is 0 Å². The van der Waals surface area contributed by atoms with Gasteiger partial charge in [0.05, 0.1) is 12.1 Å². The molecule has 2 nitrogen and oxygen atoms in total. The van der Waals surface area contributed by atoms with Gasteiger partial charge in [0, 0.05) is 6.20 Å². The third-order valence-corrected chi connectivity index (χ3v) is 2.11. The van der Waals surface area contributed by atoms with Gasteiger partial charge in [-0.2, -0.15) is 18.3 Å². The molecule has 0 saturated carbocycles. The van der Waals surface area contributed by atoms with Gasteiger partial charge >= 0.3 is 6.18 Å². The van der Waals surface area contributed by atoms with Crippen LogP contribution in [0, 0.1) is 6.20 Å². The van der Waals surface area contributed by atoms with E-state index >= 15 is 0 Å². The maximum absolute atomic E-state index is 12.4. The van der Waals surface area contributed by atoms with Crippen LogP contribution in [0.3, 0.4) is 0 Å². The Labute approximate surface area is 90.3 Å². The Kier molecular flexibility index (Phi) is 2.68. The second kappa shape index (κ2) is 4.00. The summed E-state index contributed by atoms with van der Waals surface area (Å²) in [6, 6.07) is 6.82. The molecule has 0 aliphatic carbocycles. The zero-order valence-corrected chi connectivity index (χ0v) is 8.20. The molecule has 1 aromatic heterocycles. The second-order valence-electron chi connectivity index (χ2n) is 3.34. The van der Waals surface area contributed by atoms with Crippen LogP contribution in [0.5, 0.6) is 0 Å². The van der Waals surface area contributed by atoms with Gasteiger partial charge in [0.1, 0.15) is 6.20 Å². The quantitative estimate of drug-likeness (QED) is 0.768. The normalized spacial score (nSPS) is 11.7. The third-order valence-electron chi connectivity index (χ3n) is 2.11. The third kappa shape index (κ3) is 2.42. The summed E-state index contributed by atoms with van der Waals surface area (Å²) in [7, 11) is 0. The fourth-order valence-electron chi connectivity index (χ4n) is 1.38. The summed E-state index contributed by atoms with van der Waals surface area (Å²) < 4.78 is 38.8. The molecule has 1 radical (unpaired) electrons. The van der Waals surface area contributed by atoms with Crippen molar-refractivity contribution in [2.24, 2.45) is 0 Å². The maximum atomic E-state index is 12.4. The van der Waals surface area contributed by atoms with Crippen LogP contribution in [0.1, 0.15) is 11.1 Å². The number of hydrogen-bond acceptors (Lipinski definition) is 1. The van der Waals surface area contributed by atoms with Crippen LogP contribution in [0.2, 0.25) is 0 Å². The summed E-state index contributed by atoms with van der Waals surface area (Å²) in [6.45, 7) is 0.313. The van der Waals surface area contributed by atoms with Crippen molar-refractivity contribution < 1.29 is 13.2 Å². The van der Waals surface area contributed by atoms with E-state index in [1.165, 1.54) is 10.7 Å². The highest BCUT2D eigenvalue weighted by atomic mass is 19.4. The lowest BCUT2D eigenvalue weighted by Crippen LogP contribution is -2.07. The van der Waals surface area contributed by atoms with Crippen molar-refractivity contribution >= 4 is 0 Å². The molecule has 0 unspecified atom stereocenters. The van der Waals surface area contributed by atoms with Crippen molar-refractivity contribution in [2.45, 2.75) is 12.7 Å². The van der Waals surface area contributed by atoms with Gasteiger partial charge in [-0.05, 0) is 23.8 Å². The number of benzene rings is 1. The molecule has 1 heterocycles. The fraction of sp³-hybridized carbons (Fsp3) is 0.182. The van der Waals surface area contributed by atoms with E-state index in [9.17, 15) is 13.2 Å². The molecule has 0 aliphatic heterocycles. The predicted molar refractivity (Wildman–Crippen MR) is 51.6 cm³/mol. The monoisotopic (exact) mass is 225 g/mol. The van der Waals surface area contributed by atoms with E-state index < -0.39 is 11.7 Å². The molecule has 0 fully saturated rings. The predicted octanol–water partition coefficient (Wildman–Crippen LogP) is 2.75. The Balaban J connectivity index is 2.23. The van der Waals surface area contributed by atoms with Gasteiger partial charge in [-0.25, -0.2) is 0 Å². The average molecular weight is 225 g/mol. The van der Waals surface area contributed by atoms with Gasteiger partial charge in [-0.15, -0.1) is 0 Å². The fourth-order valence-corrected chi connectivity index (χ4v) is 1.38. The van der Waals surface area contributed by atoms with Crippen LogP contribution < -0.4 is 0 Å². The minimum atomic E-state index is -4.30. The molecule has 0 spiro atoms. The first-order valence-electron chi connectivity index (χ1n) is 4.61. The van der Waals surface area contributed by atoms with E-state index in [0.29, 0.717) is 12.1 Å². The summed E-state index contributed by atoms with van der Waals surface area (Å²) in [6.07, 6.45) is -0.0607. The zero-order valence-electron chi connectivity index (χ0n) is 8.20. The van der Waals surface area contributed by atoms with Crippen LogP contribution >= 0.6 is 0 Å². The Bertz CT molecular complexity index is 460. The number of rotatable bonds is 2. The van der Waals surface area contributed by atoms with Crippen molar-refractivity contribution in [1.82, 2.24) is 9.78 Å². The molecule has 0 saturated heterocycles. The average Bonchev–Trinajstić information content (AvgIpc) is 2.70. The lowest BCUT2D eigenvalue weighted by atomic mass is 10.1. The van der Waals surface area contributed by atoms with Crippen LogP contribution in [0.25, 0.3) is 0 Å². The van der Waals surface area contributed by atoms with Gasteiger partial charge < -0.3 is 0 Å². The highest BCUT2D eigenvalue weighted by Gasteiger charge is 2.30. The smallest absolute Gasteiger partial charge is 0.268 e. The highest BCUT2D eigenvalue weighted by molar-refractivity contribution is 5.25. The Hall–Kier alpha value is -1.78. The highest BCUT2D eigenvalue weighted by Crippen LogP contribution is 2.29. The Morgan fingerprint density at radius 1 is 1.31 bits per heavy atom. The largest absolute Gasteiger partial charge is 0.416 e. The van der Waals surface area contributed by atoms with E-state index in [1.54, 1.807) is 18.3 Å². The molecule has 16 heavy (non-hydrogen) atoms. The Morgan fingerprint density at radius 3 is 2.75 bits per heavy atom. The number of hydrogen-bond donors (Lipinski definition) is 0. The summed E-state index contributed by atoms with van der Waals surface area (Å²) in [5.41, 5.74) is -0.0759. The first-order valence-corrected chi connectivity index (χ1v) is 4.61. The molecular weight excluding hydrogens is 217 g/mol. The second-order valence-corrected chi connectivity index (χ2v) is 3.34. The molecule has 0 bridgehead atoms. The maximum Gasteiger partial charge on any atom is 0.416 e. The van der Waals surface area contributed by atoms with Crippen molar-refractivity contribution in [3.05, 3.63) is 53.9 Å². The number of alkyl halides is 3. The lowest BCUT2D eigenvalue weighted by Gasteiger charge is -2.08. The summed E-state index contributed by atoms with van der Waals surface area (Å²) in [4.78, 5) is 0. The molecule has 0 aliphatic rings. The minimum Gasteiger partial charge on any atom is -0.268 e. The van der Waals surface area contributed by atoms with Crippen LogP contribution in [-0.2, 0) is 12.7 Å². The Morgan fingerprint density at radius 2 is 2.12 bits per heavy atom. The SMILES string of the molecule is FC(F)(F)c1cccc(Cn2cc[c]n2)c1. The summed E-state index contributed by atoms with van der Waals surface area (Å²) >= 11 is 0.